The zero-order valence-electron chi connectivity index (χ0n) is 7.65. The molecular formula is C10H11IN2O. The largest absolute Gasteiger partial charge is 0.395 e. The van der Waals surface area contributed by atoms with E-state index in [9.17, 15) is 0 Å². The minimum absolute atomic E-state index is 0.190. The first-order valence-electron chi connectivity index (χ1n) is 4.47. The highest BCUT2D eigenvalue weighted by molar-refractivity contribution is 14.1. The molecule has 0 fully saturated rings. The highest BCUT2D eigenvalue weighted by Crippen LogP contribution is 2.30. The number of pyridine rings is 1. The van der Waals surface area contributed by atoms with E-state index in [4.69, 9.17) is 5.11 Å². The molecule has 2 rings (SSSR count). The summed E-state index contributed by atoms with van der Waals surface area (Å²) in [7, 11) is 0. The van der Waals surface area contributed by atoms with Crippen LogP contribution in [-0.2, 0) is 6.54 Å². The molecule has 0 unspecified atom stereocenters. The van der Waals surface area contributed by atoms with Gasteiger partial charge in [-0.05, 0) is 39.8 Å². The van der Waals surface area contributed by atoms with Gasteiger partial charge >= 0.3 is 0 Å². The molecule has 0 aliphatic carbocycles. The molecule has 0 atom stereocenters. The summed E-state index contributed by atoms with van der Waals surface area (Å²) in [5.74, 6) is 0. The number of fused-ring (bicyclic) bond motifs is 1. The maximum absolute atomic E-state index is 8.86. The quantitative estimate of drug-likeness (QED) is 0.844. The van der Waals surface area contributed by atoms with Crippen molar-refractivity contribution >= 4 is 26.2 Å². The molecule has 0 bridgehead atoms. The van der Waals surface area contributed by atoms with Crippen LogP contribution in [-0.4, -0.2) is 28.1 Å². The summed E-state index contributed by atoms with van der Waals surface area (Å²) in [5, 5.41) is 8.86. The van der Waals surface area contributed by atoms with Crippen molar-refractivity contribution in [3.63, 3.8) is 0 Å². The fourth-order valence-electron chi connectivity index (χ4n) is 1.55. The molecule has 0 saturated carbocycles. The normalized spacial score (nSPS) is 15.0. The first kappa shape index (κ1) is 9.92. The number of halogens is 1. The molecule has 0 saturated heterocycles. The zero-order valence-corrected chi connectivity index (χ0v) is 9.81. The Bertz CT molecular complexity index is 365. The summed E-state index contributed by atoms with van der Waals surface area (Å²) in [6.45, 7) is 1.72. The van der Waals surface area contributed by atoms with Crippen molar-refractivity contribution in [1.29, 1.82) is 0 Å². The van der Waals surface area contributed by atoms with E-state index in [1.165, 1.54) is 14.7 Å². The van der Waals surface area contributed by atoms with Crippen molar-refractivity contribution in [2.24, 2.45) is 0 Å². The van der Waals surface area contributed by atoms with Gasteiger partial charge in [0.1, 0.15) is 0 Å². The van der Waals surface area contributed by atoms with Gasteiger partial charge in [-0.25, -0.2) is 0 Å². The molecule has 1 aromatic rings. The predicted octanol–water partition coefficient (Wildman–Crippen LogP) is 1.62. The van der Waals surface area contributed by atoms with Crippen LogP contribution in [0, 0.1) is 0 Å². The molecular weight excluding hydrogens is 291 g/mol. The third-order valence-corrected chi connectivity index (χ3v) is 3.08. The third kappa shape index (κ3) is 1.90. The lowest BCUT2D eigenvalue weighted by Crippen LogP contribution is -2.24. The molecule has 0 radical (unpaired) electrons. The van der Waals surface area contributed by atoms with Gasteiger partial charge in [-0.3, -0.25) is 4.98 Å². The maximum atomic E-state index is 8.86. The third-order valence-electron chi connectivity index (χ3n) is 2.22. The summed E-state index contributed by atoms with van der Waals surface area (Å²) in [5.41, 5.74) is 2.49. The summed E-state index contributed by atoms with van der Waals surface area (Å²) in [4.78, 5) is 6.21. The van der Waals surface area contributed by atoms with E-state index in [1.54, 1.807) is 0 Å². The minimum Gasteiger partial charge on any atom is -0.395 e. The summed E-state index contributed by atoms with van der Waals surface area (Å²) in [6.07, 6.45) is 5.79. The Kier molecular flexibility index (Phi) is 3.02. The van der Waals surface area contributed by atoms with Crippen LogP contribution in [0.1, 0.15) is 11.1 Å². The van der Waals surface area contributed by atoms with Gasteiger partial charge in [0.25, 0.3) is 0 Å². The molecule has 1 aromatic heterocycles. The second-order valence-corrected chi connectivity index (χ2v) is 4.37. The van der Waals surface area contributed by atoms with Crippen molar-refractivity contribution < 1.29 is 5.11 Å². The number of β-amino-alcohol motifs (C(OH)–C–C–N with tert-alkyl or cyclic N) is 1. The van der Waals surface area contributed by atoms with Crippen LogP contribution in [0.4, 0.5) is 0 Å². The zero-order chi connectivity index (χ0) is 9.97. The molecule has 74 valence electrons. The fourth-order valence-corrected chi connectivity index (χ4v) is 2.47. The number of aliphatic hydroxyl groups is 1. The Morgan fingerprint density at radius 2 is 2.43 bits per heavy atom. The van der Waals surface area contributed by atoms with Crippen LogP contribution < -0.4 is 0 Å². The highest BCUT2D eigenvalue weighted by Gasteiger charge is 2.14. The SMILES string of the molecule is OCCN1C=C(I)c2ccncc2C1. The van der Waals surface area contributed by atoms with Gasteiger partial charge in [0.15, 0.2) is 0 Å². The number of nitrogens with zero attached hydrogens (tertiary/aromatic N) is 2. The van der Waals surface area contributed by atoms with Gasteiger partial charge in [0, 0.05) is 35.3 Å². The predicted molar refractivity (Wildman–Crippen MR) is 63.7 cm³/mol. The lowest BCUT2D eigenvalue weighted by atomic mass is 10.1. The molecule has 14 heavy (non-hydrogen) atoms. The molecule has 0 aromatic carbocycles. The Labute approximate surface area is 96.6 Å². The molecule has 3 nitrogen and oxygen atoms in total. The van der Waals surface area contributed by atoms with Gasteiger partial charge < -0.3 is 10.0 Å². The smallest absolute Gasteiger partial charge is 0.0606 e. The first-order valence-corrected chi connectivity index (χ1v) is 5.54. The monoisotopic (exact) mass is 302 g/mol. The number of hydrogen-bond donors (Lipinski definition) is 1. The van der Waals surface area contributed by atoms with Crippen molar-refractivity contribution in [3.05, 3.63) is 35.8 Å². The number of rotatable bonds is 2. The molecule has 1 aliphatic rings. The Morgan fingerprint density at radius 1 is 1.57 bits per heavy atom. The summed E-state index contributed by atoms with van der Waals surface area (Å²) < 4.78 is 1.21. The lowest BCUT2D eigenvalue weighted by Gasteiger charge is -2.25. The average molecular weight is 302 g/mol. The molecule has 1 N–H and O–H groups in total. The molecule has 1 aliphatic heterocycles. The van der Waals surface area contributed by atoms with E-state index in [1.807, 2.05) is 18.5 Å². The van der Waals surface area contributed by atoms with Crippen molar-refractivity contribution in [1.82, 2.24) is 9.88 Å². The van der Waals surface area contributed by atoms with E-state index in [-0.39, 0.29) is 6.61 Å². The van der Waals surface area contributed by atoms with Crippen LogP contribution in [0.5, 0.6) is 0 Å². The number of aromatic nitrogens is 1. The van der Waals surface area contributed by atoms with Crippen LogP contribution >= 0.6 is 22.6 Å². The molecule has 0 spiro atoms. The lowest BCUT2D eigenvalue weighted by molar-refractivity contribution is 0.232. The summed E-state index contributed by atoms with van der Waals surface area (Å²) in [6, 6.07) is 2.03. The van der Waals surface area contributed by atoms with Crippen molar-refractivity contribution in [2.75, 3.05) is 13.2 Å². The van der Waals surface area contributed by atoms with E-state index in [2.05, 4.69) is 38.7 Å². The van der Waals surface area contributed by atoms with E-state index in [0.717, 1.165) is 6.54 Å². The van der Waals surface area contributed by atoms with Crippen LogP contribution in [0.25, 0.3) is 3.58 Å². The molecule has 0 amide bonds. The Morgan fingerprint density at radius 3 is 3.21 bits per heavy atom. The van der Waals surface area contributed by atoms with Crippen LogP contribution in [0.3, 0.4) is 0 Å². The number of hydrogen-bond acceptors (Lipinski definition) is 3. The van der Waals surface area contributed by atoms with Gasteiger partial charge in [0.2, 0.25) is 0 Å². The van der Waals surface area contributed by atoms with E-state index >= 15 is 0 Å². The summed E-state index contributed by atoms with van der Waals surface area (Å²) >= 11 is 2.31. The highest BCUT2D eigenvalue weighted by atomic mass is 127. The van der Waals surface area contributed by atoms with Gasteiger partial charge in [-0.2, -0.15) is 0 Å². The van der Waals surface area contributed by atoms with Gasteiger partial charge in [-0.15, -0.1) is 0 Å². The topological polar surface area (TPSA) is 36.4 Å². The van der Waals surface area contributed by atoms with Crippen LogP contribution in [0.2, 0.25) is 0 Å². The Hall–Kier alpha value is -0.620. The van der Waals surface area contributed by atoms with Gasteiger partial charge in [0.05, 0.1) is 6.61 Å². The van der Waals surface area contributed by atoms with Crippen LogP contribution in [0.15, 0.2) is 24.7 Å². The average Bonchev–Trinajstić information content (AvgIpc) is 2.18. The minimum atomic E-state index is 0.190. The van der Waals surface area contributed by atoms with Gasteiger partial charge in [-0.1, -0.05) is 0 Å². The van der Waals surface area contributed by atoms with E-state index < -0.39 is 0 Å². The Balaban J connectivity index is 2.30. The van der Waals surface area contributed by atoms with Crippen molar-refractivity contribution in [3.8, 4) is 0 Å². The maximum Gasteiger partial charge on any atom is 0.0606 e. The molecule has 4 heteroatoms. The molecule has 2 heterocycles. The first-order chi connectivity index (χ1) is 6.81. The fraction of sp³-hybridized carbons (Fsp3) is 0.300. The van der Waals surface area contributed by atoms with Crippen molar-refractivity contribution in [2.45, 2.75) is 6.54 Å². The van der Waals surface area contributed by atoms with E-state index in [0.29, 0.717) is 6.54 Å². The second kappa shape index (κ2) is 4.27. The second-order valence-electron chi connectivity index (χ2n) is 3.20. The standard InChI is InChI=1S/C10H11IN2O/c11-10-7-13(3-4-14)6-8-5-12-2-1-9(8)10/h1-2,5,7,14H,3-4,6H2. The number of aliphatic hydroxyl groups excluding tert-OH is 1.